The summed E-state index contributed by atoms with van der Waals surface area (Å²) in [7, 11) is -36.6. The average Bonchev–Trinajstić information content (AvgIpc) is 1.55. The second kappa shape index (κ2) is 52.7. The molecule has 21 fully saturated rings. The van der Waals surface area contributed by atoms with E-state index >= 15 is 0 Å². The van der Waals surface area contributed by atoms with Crippen molar-refractivity contribution in [2.75, 3.05) is 65.0 Å². The number of Topliss-reactive ketones (excluding diaryl/α,β-unsaturated/α-hetero) is 1. The van der Waals surface area contributed by atoms with E-state index in [9.17, 15) is 131 Å². The van der Waals surface area contributed by atoms with Crippen molar-refractivity contribution in [2.24, 2.45) is 116 Å². The number of fused-ring (bicyclic) bond motifs is 6. The molecule has 41 heteroatoms. The Kier molecular flexibility index (Phi) is 47.3. The first-order valence-electron chi connectivity index (χ1n) is 49.4. The minimum absolute atomic E-state index is 0.0248. The van der Waals surface area contributed by atoms with Crippen LogP contribution in [0.3, 0.4) is 0 Å². The van der Waals surface area contributed by atoms with Gasteiger partial charge >= 0.3 is 11.9 Å². The molecule has 0 aromatic heterocycles. The normalized spacial score (nSPS) is 33.0. The van der Waals surface area contributed by atoms with Crippen LogP contribution in [0.4, 0.5) is 0 Å². The van der Waals surface area contributed by atoms with Crippen LogP contribution >= 0.6 is 0 Å². The number of hydrogen-bond acceptors (Lipinski definition) is 32. The highest BCUT2D eigenvalue weighted by Crippen LogP contribution is 2.66. The molecule has 0 radical (unpaired) electrons. The molecule has 0 aromatic rings. The first-order valence-corrected chi connectivity index (χ1v) is 63.6. The molecule has 0 spiro atoms. The van der Waals surface area contributed by atoms with Crippen molar-refractivity contribution in [3.8, 4) is 0 Å². The Morgan fingerprint density at radius 3 is 0.803 bits per heavy atom. The number of ketones is 1. The first-order chi connectivity index (χ1) is 61.1. The number of hydrogen-bond donors (Lipinski definition) is 0. The smallest absolute Gasteiger partial charge is 0.312 e. The molecule has 132 heavy (non-hydrogen) atoms. The van der Waals surface area contributed by atoms with E-state index in [0.717, 1.165) is 113 Å². The molecule has 0 N–H and O–H groups in total. The Balaban J connectivity index is 0.000000225. The monoisotopic (exact) mass is 2050 g/mol. The Hall–Kier alpha value is -2.20. The van der Waals surface area contributed by atoms with Gasteiger partial charge < -0.3 is 50.4 Å². The van der Waals surface area contributed by atoms with Gasteiger partial charge in [-0.15, -0.1) is 0 Å². The van der Waals surface area contributed by atoms with E-state index in [0.29, 0.717) is 49.9 Å². The summed E-state index contributed by atoms with van der Waals surface area (Å²) >= 11 is 0. The van der Waals surface area contributed by atoms with E-state index in [1.54, 1.807) is 78.1 Å². The summed E-state index contributed by atoms with van der Waals surface area (Å²) in [5.41, 5.74) is -1.48. The Morgan fingerprint density at radius 2 is 0.576 bits per heavy atom. The second-order valence-corrected chi connectivity index (χ2v) is 56.8. The van der Waals surface area contributed by atoms with E-state index in [4.69, 9.17) is 9.47 Å². The fourth-order valence-corrected chi connectivity index (χ4v) is 31.3. The summed E-state index contributed by atoms with van der Waals surface area (Å²) in [5.74, 6) is 7.66. The maximum atomic E-state index is 12.3. The summed E-state index contributed by atoms with van der Waals surface area (Å²) in [6.45, 7) is 9.13. The third-order valence-electron chi connectivity index (χ3n) is 31.7. The highest BCUT2D eigenvalue weighted by Gasteiger charge is 2.65. The third kappa shape index (κ3) is 44.5. The zero-order valence-electron chi connectivity index (χ0n) is 79.2. The van der Waals surface area contributed by atoms with Crippen LogP contribution in [0.2, 0.25) is 0 Å². The van der Waals surface area contributed by atoms with E-state index in [1.165, 1.54) is 192 Å². The maximum absolute atomic E-state index is 12.3. The average molecular weight is 2050 g/mol. The summed E-state index contributed by atoms with van der Waals surface area (Å²) < 4.78 is 285. The topological polar surface area (TPSA) is 584 Å². The van der Waals surface area contributed by atoms with Crippen molar-refractivity contribution in [1.82, 2.24) is 0 Å². The highest BCUT2D eigenvalue weighted by atomic mass is 32.3. The van der Waals surface area contributed by atoms with Crippen molar-refractivity contribution >= 4 is 109 Å². The molecule has 21 rings (SSSR count). The molecule has 18 bridgehead atoms. The van der Waals surface area contributed by atoms with Crippen LogP contribution in [-0.4, -0.2) is 199 Å². The Labute approximate surface area is 793 Å². The molecule has 2 unspecified atom stereocenters. The largest absolute Gasteiger partial charge is 0.748 e. The van der Waals surface area contributed by atoms with Crippen LogP contribution in [0, 0.1) is 116 Å². The molecule has 0 aromatic carbocycles. The number of ether oxygens (including phenoxy) is 2. The van der Waals surface area contributed by atoms with Crippen molar-refractivity contribution < 1.29 is 141 Å². The van der Waals surface area contributed by atoms with E-state index < -0.39 is 114 Å². The van der Waals surface area contributed by atoms with Gasteiger partial charge in [0.25, 0.3) is 0 Å². The molecule has 0 heterocycles. The van der Waals surface area contributed by atoms with Crippen molar-refractivity contribution in [2.45, 2.75) is 369 Å². The van der Waals surface area contributed by atoms with Crippen molar-refractivity contribution in [1.29, 1.82) is 0 Å². The standard InChI is InChI=1S/C13H20O5S.C12H20O3S.C11H18O3S.C10H16O4S.C9H16O5S.2C7H12.2C6H12.2C3H8O3S.2C2H6O3S/c14-12(18-1-2-19(15,16)17)13-6-9-3-10(7-13)5-11(4-9)8-13;13-16(14,15)2-1-12-6-9-3-10(7-12)5-11(4-9)8-12;12-15(13,14)7-11-4-8-1-9(5-11)3-10(2-8)6-11;1-9(2)7-3-4-10(9,8(11)5-7)6-15(12,13)14;10-9(8-4-2-1-3-5-8)14-6-7-15(11,12)13;2*1-2-7-4-3-6(1)5-7;2*1-2-4-6-5-3-1;2*1-2-3-7(4,5)6;2*1-2-6(3,4)5/h9-11H,1-8H2,(H,15,16,17);9-11H,1-8H2,(H,13,14,15);8-10H,1-7H2,(H,12,13,14);7H,3-6H2,1-2H3,(H,12,13,14);8H,1-7H2,(H,11,12,13);2*6-7H,1-5H2;2*1-6H2;2*2-3H2,1H3,(H,4,5,6);2*2H2,1H3,(H,3,4,5)/p-9. The minimum Gasteiger partial charge on any atom is -0.748 e. The summed E-state index contributed by atoms with van der Waals surface area (Å²) in [6, 6.07) is 0. The van der Waals surface area contributed by atoms with Crippen molar-refractivity contribution in [3.63, 3.8) is 0 Å². The van der Waals surface area contributed by atoms with Gasteiger partial charge in [-0.3, -0.25) is 14.4 Å². The van der Waals surface area contributed by atoms with Gasteiger partial charge in [0.15, 0.2) is 0 Å². The number of esters is 2. The number of carbonyl (C=O) groups is 3. The second-order valence-electron chi connectivity index (χ2n) is 43.0. The maximum Gasteiger partial charge on any atom is 0.312 e. The Bertz CT molecular complexity index is 4390. The minimum atomic E-state index is -4.33. The fourth-order valence-electron chi connectivity index (χ4n) is 26.6. The molecule has 0 amide bonds. The van der Waals surface area contributed by atoms with Gasteiger partial charge in [0.1, 0.15) is 19.0 Å². The molecule has 21 aliphatic carbocycles. The predicted molar refractivity (Wildman–Crippen MR) is 492 cm³/mol. The van der Waals surface area contributed by atoms with Crippen LogP contribution in [0.5, 0.6) is 0 Å². The molecule has 21 aliphatic rings. The molecule has 0 saturated heterocycles. The molecular weight excluding hydrogens is 1890 g/mol. The van der Waals surface area contributed by atoms with Gasteiger partial charge in [-0.05, 0) is 272 Å². The van der Waals surface area contributed by atoms with Gasteiger partial charge in [0.2, 0.25) is 0 Å². The zero-order chi connectivity index (χ0) is 98.6. The van der Waals surface area contributed by atoms with Crippen LogP contribution in [-0.2, 0) is 115 Å². The fraction of sp³-hybridized carbons (Fsp3) is 0.967. The van der Waals surface area contributed by atoms with Gasteiger partial charge in [-0.2, -0.15) is 0 Å². The van der Waals surface area contributed by atoms with Crippen LogP contribution in [0.1, 0.15) is 369 Å². The SMILES string of the molecule is C1CC2CCC1C2.C1CC2CCC1C2.C1CCCCC1.C1CCCCC1.CC1(C)C2CCC1(CS(=O)(=O)[O-])C(=O)C2.CCCS(=O)(=O)[O-].CCCS(=O)(=O)[O-].CCS(=O)(=O)[O-].CCS(=O)(=O)[O-].O=C(OCCS(=O)(=O)[O-])C12CC3CC(CC(C3)C1)C2.O=C(OCCS(=O)(=O)[O-])C1CCCCC1.O=S(=O)([O-])CC12CC3CC(CC(C3)C1)C2.O=S(=O)([O-])CCC12CC3CC(CC(C3)C1)C2. The predicted octanol–water partition coefficient (Wildman–Crippen LogP) is 14.8. The molecule has 21 saturated carbocycles. The quantitative estimate of drug-likeness (QED) is 0.0760. The third-order valence-corrected chi connectivity index (χ3v) is 38.8. The number of rotatable bonds is 21. The lowest BCUT2D eigenvalue weighted by atomic mass is 9.49. The van der Waals surface area contributed by atoms with Gasteiger partial charge in [-0.25, -0.2) is 75.8 Å². The molecule has 32 nitrogen and oxygen atoms in total. The molecule has 2 atom stereocenters. The summed E-state index contributed by atoms with van der Waals surface area (Å²) in [4.78, 5) is 35.5. The first kappa shape index (κ1) is 119. The van der Waals surface area contributed by atoms with Gasteiger partial charge in [0.05, 0.1) is 120 Å². The summed E-state index contributed by atoms with van der Waals surface area (Å²) in [6.07, 6.45) is 62.7. The lowest BCUT2D eigenvalue weighted by Crippen LogP contribution is -2.50. The van der Waals surface area contributed by atoms with Crippen LogP contribution in [0.15, 0.2) is 0 Å². The molecular formula is C91H157O32S9-9. The van der Waals surface area contributed by atoms with E-state index in [-0.39, 0.29) is 98.9 Å². The highest BCUT2D eigenvalue weighted by molar-refractivity contribution is 7.87. The number of carbonyl (C=O) groups excluding carboxylic acids is 3. The van der Waals surface area contributed by atoms with Gasteiger partial charge in [0, 0.05) is 46.4 Å². The molecule has 0 aliphatic heterocycles. The van der Waals surface area contributed by atoms with Crippen LogP contribution < -0.4 is 0 Å². The van der Waals surface area contributed by atoms with E-state index in [1.807, 2.05) is 13.8 Å². The zero-order valence-corrected chi connectivity index (χ0v) is 86.6. The van der Waals surface area contributed by atoms with E-state index in [2.05, 4.69) is 0 Å². The Morgan fingerprint density at radius 1 is 0.311 bits per heavy atom. The lowest BCUT2D eigenvalue weighted by Gasteiger charge is -2.57. The summed E-state index contributed by atoms with van der Waals surface area (Å²) in [5, 5.41) is 0. The molecule has 776 valence electrons. The van der Waals surface area contributed by atoms with Crippen molar-refractivity contribution in [3.05, 3.63) is 0 Å². The lowest BCUT2D eigenvalue weighted by molar-refractivity contribution is -0.170. The van der Waals surface area contributed by atoms with Gasteiger partial charge in [-0.1, -0.05) is 189 Å². The van der Waals surface area contributed by atoms with Crippen LogP contribution in [0.25, 0.3) is 0 Å².